The van der Waals surface area contributed by atoms with E-state index in [9.17, 15) is 0 Å². The fourth-order valence-corrected chi connectivity index (χ4v) is 1.71. The Morgan fingerprint density at radius 2 is 1.83 bits per heavy atom. The maximum absolute atomic E-state index is 5.87. The quantitative estimate of drug-likeness (QED) is 0.821. The molecule has 2 aromatic rings. The Balaban J connectivity index is 1.91. The van der Waals surface area contributed by atoms with Crippen LogP contribution < -0.4 is 15.2 Å². The molecule has 0 bridgehead atoms. The van der Waals surface area contributed by atoms with Crippen LogP contribution in [0.5, 0.6) is 11.5 Å². The summed E-state index contributed by atoms with van der Waals surface area (Å²) < 4.78 is 10.7. The summed E-state index contributed by atoms with van der Waals surface area (Å²) in [6.45, 7) is 0.612. The van der Waals surface area contributed by atoms with Crippen molar-refractivity contribution in [3.8, 4) is 11.5 Å². The van der Waals surface area contributed by atoms with Gasteiger partial charge in [-0.2, -0.15) is 0 Å². The monoisotopic (exact) mass is 243 g/mol. The molecule has 0 saturated heterocycles. The summed E-state index contributed by atoms with van der Waals surface area (Å²) in [4.78, 5) is 0. The normalized spacial score (nSPS) is 10.1. The summed E-state index contributed by atoms with van der Waals surface area (Å²) in [6, 6.07) is 15.7. The molecular weight excluding hydrogens is 226 g/mol. The van der Waals surface area contributed by atoms with E-state index >= 15 is 0 Å². The zero-order chi connectivity index (χ0) is 12.8. The fraction of sp³-hybridized carbons (Fsp3) is 0.200. The van der Waals surface area contributed by atoms with Crippen molar-refractivity contribution in [1.29, 1.82) is 0 Å². The molecule has 18 heavy (non-hydrogen) atoms. The van der Waals surface area contributed by atoms with Crippen LogP contribution in [0.25, 0.3) is 0 Å². The zero-order valence-corrected chi connectivity index (χ0v) is 10.4. The number of hydrogen-bond donors (Lipinski definition) is 1. The van der Waals surface area contributed by atoms with Crippen molar-refractivity contribution in [2.24, 2.45) is 0 Å². The van der Waals surface area contributed by atoms with E-state index in [1.807, 2.05) is 30.3 Å². The molecule has 3 heteroatoms. The number of methoxy groups -OCH3 is 1. The number of hydrogen-bond acceptors (Lipinski definition) is 3. The molecule has 0 heterocycles. The Morgan fingerprint density at radius 1 is 1.06 bits per heavy atom. The minimum absolute atomic E-state index is 0.599. The predicted molar refractivity (Wildman–Crippen MR) is 73.0 cm³/mol. The number of nitrogens with two attached hydrogens (primary N) is 1. The maximum Gasteiger partial charge on any atom is 0.142 e. The smallest absolute Gasteiger partial charge is 0.142 e. The van der Waals surface area contributed by atoms with Gasteiger partial charge in [0.1, 0.15) is 11.5 Å². The van der Waals surface area contributed by atoms with Crippen LogP contribution in [0.15, 0.2) is 48.5 Å². The van der Waals surface area contributed by atoms with Crippen LogP contribution in [0.3, 0.4) is 0 Å². The molecule has 3 nitrogen and oxygen atoms in total. The van der Waals surface area contributed by atoms with E-state index in [0.29, 0.717) is 18.0 Å². The standard InChI is InChI=1S/C15H17NO2/c1-17-13-7-8-15(14(16)11-13)18-10-9-12-5-3-2-4-6-12/h2-8,11H,9-10,16H2,1H3. The lowest BCUT2D eigenvalue weighted by Crippen LogP contribution is -2.03. The molecule has 2 N–H and O–H groups in total. The van der Waals surface area contributed by atoms with Crippen LogP contribution in [-0.4, -0.2) is 13.7 Å². The molecule has 0 aliphatic rings. The van der Waals surface area contributed by atoms with Gasteiger partial charge in [0.05, 0.1) is 19.4 Å². The largest absolute Gasteiger partial charge is 0.497 e. The van der Waals surface area contributed by atoms with Gasteiger partial charge in [-0.15, -0.1) is 0 Å². The highest BCUT2D eigenvalue weighted by Crippen LogP contribution is 2.26. The second kappa shape index (κ2) is 5.96. The van der Waals surface area contributed by atoms with Crippen molar-refractivity contribution in [2.75, 3.05) is 19.5 Å². The van der Waals surface area contributed by atoms with E-state index in [0.717, 1.165) is 12.2 Å². The lowest BCUT2D eigenvalue weighted by atomic mass is 10.2. The third kappa shape index (κ3) is 3.17. The zero-order valence-electron chi connectivity index (χ0n) is 10.4. The Labute approximate surface area is 107 Å². The van der Waals surface area contributed by atoms with Gasteiger partial charge in [-0.05, 0) is 17.7 Å². The molecule has 94 valence electrons. The van der Waals surface area contributed by atoms with Crippen LogP contribution in [-0.2, 0) is 6.42 Å². The summed E-state index contributed by atoms with van der Waals surface area (Å²) in [5.41, 5.74) is 7.73. The summed E-state index contributed by atoms with van der Waals surface area (Å²) in [5, 5.41) is 0. The van der Waals surface area contributed by atoms with E-state index in [-0.39, 0.29) is 0 Å². The number of benzene rings is 2. The molecule has 0 aliphatic carbocycles. The molecule has 0 radical (unpaired) electrons. The van der Waals surface area contributed by atoms with E-state index in [1.165, 1.54) is 5.56 Å². The second-order valence-electron chi connectivity index (χ2n) is 3.99. The Kier molecular flexibility index (Phi) is 4.07. The van der Waals surface area contributed by atoms with Crippen molar-refractivity contribution in [3.05, 3.63) is 54.1 Å². The third-order valence-corrected chi connectivity index (χ3v) is 2.71. The van der Waals surface area contributed by atoms with Crippen LogP contribution in [0, 0.1) is 0 Å². The maximum atomic E-state index is 5.87. The third-order valence-electron chi connectivity index (χ3n) is 2.71. The molecule has 0 aromatic heterocycles. The molecule has 2 rings (SSSR count). The van der Waals surface area contributed by atoms with Crippen molar-refractivity contribution in [1.82, 2.24) is 0 Å². The van der Waals surface area contributed by atoms with E-state index in [2.05, 4.69) is 12.1 Å². The molecule has 0 aliphatic heterocycles. The number of anilines is 1. The van der Waals surface area contributed by atoms with Gasteiger partial charge in [-0.1, -0.05) is 30.3 Å². The Bertz CT molecular complexity index is 497. The topological polar surface area (TPSA) is 44.5 Å². The second-order valence-corrected chi connectivity index (χ2v) is 3.99. The Hall–Kier alpha value is -2.16. The molecule has 0 saturated carbocycles. The van der Waals surface area contributed by atoms with E-state index in [4.69, 9.17) is 15.2 Å². The highest BCUT2D eigenvalue weighted by atomic mass is 16.5. The Morgan fingerprint density at radius 3 is 2.50 bits per heavy atom. The van der Waals surface area contributed by atoms with E-state index < -0.39 is 0 Å². The average molecular weight is 243 g/mol. The number of nitrogen functional groups attached to an aromatic ring is 1. The fourth-order valence-electron chi connectivity index (χ4n) is 1.71. The van der Waals surface area contributed by atoms with Crippen LogP contribution in [0.2, 0.25) is 0 Å². The number of ether oxygens (including phenoxy) is 2. The summed E-state index contributed by atoms with van der Waals surface area (Å²) in [5.74, 6) is 1.44. The highest BCUT2D eigenvalue weighted by Gasteiger charge is 2.02. The predicted octanol–water partition coefficient (Wildman–Crippen LogP) is 2.90. The van der Waals surface area contributed by atoms with Gasteiger partial charge >= 0.3 is 0 Å². The molecule has 0 unspecified atom stereocenters. The van der Waals surface area contributed by atoms with Gasteiger partial charge in [0.2, 0.25) is 0 Å². The van der Waals surface area contributed by atoms with Gasteiger partial charge in [-0.3, -0.25) is 0 Å². The number of rotatable bonds is 5. The SMILES string of the molecule is COc1ccc(OCCc2ccccc2)c(N)c1. The van der Waals surface area contributed by atoms with E-state index in [1.54, 1.807) is 13.2 Å². The van der Waals surface area contributed by atoms with Crippen molar-refractivity contribution in [2.45, 2.75) is 6.42 Å². The molecule has 0 atom stereocenters. The van der Waals surface area contributed by atoms with Gasteiger partial charge in [0.25, 0.3) is 0 Å². The minimum Gasteiger partial charge on any atom is -0.497 e. The summed E-state index contributed by atoms with van der Waals surface area (Å²) in [6.07, 6.45) is 0.867. The van der Waals surface area contributed by atoms with Crippen molar-refractivity contribution in [3.63, 3.8) is 0 Å². The lowest BCUT2D eigenvalue weighted by molar-refractivity contribution is 0.323. The van der Waals surface area contributed by atoms with Gasteiger partial charge < -0.3 is 15.2 Å². The van der Waals surface area contributed by atoms with Crippen molar-refractivity contribution < 1.29 is 9.47 Å². The van der Waals surface area contributed by atoms with Gasteiger partial charge in [0.15, 0.2) is 0 Å². The van der Waals surface area contributed by atoms with Crippen LogP contribution in [0.4, 0.5) is 5.69 Å². The van der Waals surface area contributed by atoms with Crippen LogP contribution in [0.1, 0.15) is 5.56 Å². The minimum atomic E-state index is 0.599. The first-order valence-electron chi connectivity index (χ1n) is 5.90. The first-order valence-corrected chi connectivity index (χ1v) is 5.90. The first-order chi connectivity index (χ1) is 8.79. The van der Waals surface area contributed by atoms with Crippen LogP contribution >= 0.6 is 0 Å². The molecular formula is C15H17NO2. The summed E-state index contributed by atoms with van der Waals surface area (Å²) >= 11 is 0. The first kappa shape index (κ1) is 12.3. The highest BCUT2D eigenvalue weighted by molar-refractivity contribution is 5.56. The van der Waals surface area contributed by atoms with Gasteiger partial charge in [-0.25, -0.2) is 0 Å². The molecule has 0 fully saturated rings. The average Bonchev–Trinajstić information content (AvgIpc) is 2.42. The molecule has 0 amide bonds. The van der Waals surface area contributed by atoms with Gasteiger partial charge in [0, 0.05) is 12.5 Å². The van der Waals surface area contributed by atoms with Crippen molar-refractivity contribution >= 4 is 5.69 Å². The lowest BCUT2D eigenvalue weighted by Gasteiger charge is -2.10. The summed E-state index contributed by atoms with van der Waals surface area (Å²) in [7, 11) is 1.62. The molecule has 2 aromatic carbocycles. The molecule has 0 spiro atoms.